The van der Waals surface area contributed by atoms with Gasteiger partial charge in [0.25, 0.3) is 0 Å². The predicted octanol–water partition coefficient (Wildman–Crippen LogP) is 2.71. The Labute approximate surface area is 115 Å². The summed E-state index contributed by atoms with van der Waals surface area (Å²) >= 11 is 0. The van der Waals surface area contributed by atoms with Gasteiger partial charge in [-0.2, -0.15) is 5.26 Å². The molecule has 0 aliphatic carbocycles. The Hall–Kier alpha value is -1.44. The second-order valence-corrected chi connectivity index (χ2v) is 4.45. The molecular formula is C15H22FN3. The molecule has 0 radical (unpaired) electrons. The second kappa shape index (κ2) is 8.63. The molecule has 4 heteroatoms. The van der Waals surface area contributed by atoms with Gasteiger partial charge in [-0.15, -0.1) is 0 Å². The monoisotopic (exact) mass is 263 g/mol. The first kappa shape index (κ1) is 15.6. The Morgan fingerprint density at radius 2 is 2.11 bits per heavy atom. The minimum Gasteiger partial charge on any atom is -0.304 e. The SMILES string of the molecule is CCN(CC)CCCNC(C#N)c1cccc(F)c1. The van der Waals surface area contributed by atoms with Crippen molar-refractivity contribution in [1.82, 2.24) is 10.2 Å². The molecule has 0 spiro atoms. The van der Waals surface area contributed by atoms with E-state index >= 15 is 0 Å². The zero-order chi connectivity index (χ0) is 14.1. The van der Waals surface area contributed by atoms with Crippen LogP contribution in [0.15, 0.2) is 24.3 Å². The minimum atomic E-state index is -0.438. The van der Waals surface area contributed by atoms with Crippen LogP contribution in [0.3, 0.4) is 0 Å². The number of nitrogens with zero attached hydrogens (tertiary/aromatic N) is 2. The normalized spacial score (nSPS) is 12.4. The van der Waals surface area contributed by atoms with Gasteiger partial charge in [-0.3, -0.25) is 5.32 Å². The molecule has 1 unspecified atom stereocenters. The first-order valence-electron chi connectivity index (χ1n) is 6.82. The van der Waals surface area contributed by atoms with Crippen LogP contribution in [0.4, 0.5) is 4.39 Å². The number of hydrogen-bond donors (Lipinski definition) is 1. The van der Waals surface area contributed by atoms with Crippen LogP contribution >= 0.6 is 0 Å². The molecule has 0 saturated carbocycles. The van der Waals surface area contributed by atoms with Crippen LogP contribution in [-0.2, 0) is 0 Å². The summed E-state index contributed by atoms with van der Waals surface area (Å²) in [5.74, 6) is -0.303. The molecule has 0 fully saturated rings. The quantitative estimate of drug-likeness (QED) is 0.733. The van der Waals surface area contributed by atoms with Crippen molar-refractivity contribution >= 4 is 0 Å². The highest BCUT2D eigenvalue weighted by Gasteiger charge is 2.10. The average Bonchev–Trinajstić information content (AvgIpc) is 2.43. The van der Waals surface area contributed by atoms with Crippen molar-refractivity contribution in [2.45, 2.75) is 26.3 Å². The highest BCUT2D eigenvalue weighted by molar-refractivity contribution is 5.24. The van der Waals surface area contributed by atoms with E-state index in [4.69, 9.17) is 5.26 Å². The fourth-order valence-electron chi connectivity index (χ4n) is 2.01. The fourth-order valence-corrected chi connectivity index (χ4v) is 2.01. The van der Waals surface area contributed by atoms with E-state index in [1.807, 2.05) is 0 Å². The number of rotatable bonds is 8. The van der Waals surface area contributed by atoms with E-state index in [0.717, 1.165) is 32.6 Å². The zero-order valence-electron chi connectivity index (χ0n) is 11.7. The van der Waals surface area contributed by atoms with Crippen molar-refractivity contribution in [2.24, 2.45) is 0 Å². The van der Waals surface area contributed by atoms with Gasteiger partial charge in [0.1, 0.15) is 11.9 Å². The van der Waals surface area contributed by atoms with Gasteiger partial charge < -0.3 is 4.90 Å². The molecule has 1 atom stereocenters. The Balaban J connectivity index is 2.40. The predicted molar refractivity (Wildman–Crippen MR) is 75.2 cm³/mol. The average molecular weight is 263 g/mol. The van der Waals surface area contributed by atoms with Crippen molar-refractivity contribution < 1.29 is 4.39 Å². The summed E-state index contributed by atoms with van der Waals surface area (Å²) in [7, 11) is 0. The molecule has 0 saturated heterocycles. The molecule has 1 N–H and O–H groups in total. The van der Waals surface area contributed by atoms with Gasteiger partial charge in [-0.1, -0.05) is 26.0 Å². The molecule has 3 nitrogen and oxygen atoms in total. The van der Waals surface area contributed by atoms with Gasteiger partial charge in [0.15, 0.2) is 0 Å². The van der Waals surface area contributed by atoms with Gasteiger partial charge in [-0.05, 0) is 50.3 Å². The Kier molecular flexibility index (Phi) is 7.09. The van der Waals surface area contributed by atoms with Crippen LogP contribution in [-0.4, -0.2) is 31.1 Å². The van der Waals surface area contributed by atoms with Crippen LogP contribution in [0.25, 0.3) is 0 Å². The van der Waals surface area contributed by atoms with Crippen LogP contribution in [0.2, 0.25) is 0 Å². The van der Waals surface area contributed by atoms with Gasteiger partial charge in [-0.25, -0.2) is 4.39 Å². The van der Waals surface area contributed by atoms with Crippen LogP contribution < -0.4 is 5.32 Å². The number of nitrogens with one attached hydrogen (secondary N) is 1. The number of halogens is 1. The third kappa shape index (κ3) is 5.37. The molecule has 19 heavy (non-hydrogen) atoms. The van der Waals surface area contributed by atoms with E-state index in [2.05, 4.69) is 30.1 Å². The van der Waals surface area contributed by atoms with Crippen molar-refractivity contribution in [3.8, 4) is 6.07 Å². The summed E-state index contributed by atoms with van der Waals surface area (Å²) < 4.78 is 13.1. The molecule has 0 aliphatic heterocycles. The highest BCUT2D eigenvalue weighted by atomic mass is 19.1. The third-order valence-electron chi connectivity index (χ3n) is 3.21. The Morgan fingerprint density at radius 3 is 2.68 bits per heavy atom. The molecule has 0 aliphatic rings. The van der Waals surface area contributed by atoms with Crippen molar-refractivity contribution in [3.05, 3.63) is 35.6 Å². The van der Waals surface area contributed by atoms with Gasteiger partial charge in [0.05, 0.1) is 6.07 Å². The van der Waals surface area contributed by atoms with Crippen LogP contribution in [0.5, 0.6) is 0 Å². The molecule has 0 amide bonds. The number of hydrogen-bond acceptors (Lipinski definition) is 3. The molecule has 1 aromatic rings. The largest absolute Gasteiger partial charge is 0.304 e. The standard InChI is InChI=1S/C15H22FN3/c1-3-19(4-2)10-6-9-18-15(12-17)13-7-5-8-14(16)11-13/h5,7-8,11,15,18H,3-4,6,9-10H2,1-2H3. The smallest absolute Gasteiger partial charge is 0.123 e. The van der Waals surface area contributed by atoms with Crippen LogP contribution in [0, 0.1) is 17.1 Å². The van der Waals surface area contributed by atoms with Crippen molar-refractivity contribution in [3.63, 3.8) is 0 Å². The Morgan fingerprint density at radius 1 is 1.37 bits per heavy atom. The third-order valence-corrected chi connectivity index (χ3v) is 3.21. The number of benzene rings is 1. The molecular weight excluding hydrogens is 241 g/mol. The zero-order valence-corrected chi connectivity index (χ0v) is 11.7. The van der Waals surface area contributed by atoms with E-state index in [1.165, 1.54) is 12.1 Å². The van der Waals surface area contributed by atoms with Gasteiger partial charge in [0, 0.05) is 0 Å². The topological polar surface area (TPSA) is 39.1 Å². The molecule has 0 heterocycles. The highest BCUT2D eigenvalue weighted by Crippen LogP contribution is 2.13. The molecule has 1 rings (SSSR count). The summed E-state index contributed by atoms with van der Waals surface area (Å²) in [6.07, 6.45) is 0.981. The lowest BCUT2D eigenvalue weighted by atomic mass is 10.1. The lowest BCUT2D eigenvalue weighted by molar-refractivity contribution is 0.297. The summed E-state index contributed by atoms with van der Waals surface area (Å²) in [4.78, 5) is 2.34. The van der Waals surface area contributed by atoms with Gasteiger partial charge in [0.2, 0.25) is 0 Å². The maximum absolute atomic E-state index is 13.1. The van der Waals surface area contributed by atoms with E-state index in [-0.39, 0.29) is 5.82 Å². The lowest BCUT2D eigenvalue weighted by Crippen LogP contribution is -2.28. The molecule has 1 aromatic carbocycles. The van der Waals surface area contributed by atoms with Crippen molar-refractivity contribution in [1.29, 1.82) is 5.26 Å². The maximum Gasteiger partial charge on any atom is 0.123 e. The first-order valence-corrected chi connectivity index (χ1v) is 6.82. The molecule has 104 valence electrons. The molecule has 0 bridgehead atoms. The second-order valence-electron chi connectivity index (χ2n) is 4.45. The van der Waals surface area contributed by atoms with E-state index < -0.39 is 6.04 Å². The summed E-state index contributed by atoms with van der Waals surface area (Å²) in [6.45, 7) is 8.14. The summed E-state index contributed by atoms with van der Waals surface area (Å²) in [5, 5.41) is 12.3. The van der Waals surface area contributed by atoms with E-state index in [1.54, 1.807) is 12.1 Å². The Bertz CT molecular complexity index is 410. The minimum absolute atomic E-state index is 0.303. The lowest BCUT2D eigenvalue weighted by Gasteiger charge is -2.18. The summed E-state index contributed by atoms with van der Waals surface area (Å²) in [5.41, 5.74) is 0.685. The first-order chi connectivity index (χ1) is 9.21. The van der Waals surface area contributed by atoms with E-state index in [9.17, 15) is 4.39 Å². The molecule has 0 aromatic heterocycles. The van der Waals surface area contributed by atoms with Gasteiger partial charge >= 0.3 is 0 Å². The van der Waals surface area contributed by atoms with Crippen LogP contribution in [0.1, 0.15) is 31.9 Å². The maximum atomic E-state index is 13.1. The fraction of sp³-hybridized carbons (Fsp3) is 0.533. The van der Waals surface area contributed by atoms with Crippen molar-refractivity contribution in [2.75, 3.05) is 26.2 Å². The van der Waals surface area contributed by atoms with E-state index in [0.29, 0.717) is 5.56 Å². The summed E-state index contributed by atoms with van der Waals surface area (Å²) in [6, 6.07) is 7.93. The number of nitriles is 1.